The SMILES string of the molecule is Cc1cc(-c2nccn2C)nc([C@@H]2CCN(C(=O)c3cccc(F)c3)C2)n1. The van der Waals surface area contributed by atoms with Gasteiger partial charge < -0.3 is 9.47 Å². The Morgan fingerprint density at radius 3 is 2.85 bits per heavy atom. The molecule has 0 aliphatic carbocycles. The van der Waals surface area contributed by atoms with Crippen LogP contribution in [0.5, 0.6) is 0 Å². The number of aromatic nitrogens is 4. The van der Waals surface area contributed by atoms with Gasteiger partial charge in [0.15, 0.2) is 5.82 Å². The van der Waals surface area contributed by atoms with E-state index in [-0.39, 0.29) is 11.8 Å². The summed E-state index contributed by atoms with van der Waals surface area (Å²) in [5.74, 6) is 1.00. The first-order chi connectivity index (χ1) is 13.0. The van der Waals surface area contributed by atoms with Crippen LogP contribution in [-0.2, 0) is 7.05 Å². The molecule has 7 heteroatoms. The number of rotatable bonds is 3. The van der Waals surface area contributed by atoms with Crippen LogP contribution in [0.15, 0.2) is 42.7 Å². The Labute approximate surface area is 156 Å². The number of hydrogen-bond donors (Lipinski definition) is 0. The van der Waals surface area contributed by atoms with Gasteiger partial charge >= 0.3 is 0 Å². The molecule has 3 heterocycles. The van der Waals surface area contributed by atoms with Crippen LogP contribution in [0.4, 0.5) is 4.39 Å². The molecule has 27 heavy (non-hydrogen) atoms. The van der Waals surface area contributed by atoms with E-state index in [0.29, 0.717) is 18.7 Å². The molecule has 6 nitrogen and oxygen atoms in total. The fraction of sp³-hybridized carbons (Fsp3) is 0.300. The van der Waals surface area contributed by atoms with Crippen molar-refractivity contribution in [2.45, 2.75) is 19.3 Å². The molecule has 138 valence electrons. The maximum atomic E-state index is 13.4. The van der Waals surface area contributed by atoms with Crippen LogP contribution in [0.3, 0.4) is 0 Å². The molecular formula is C20H20FN5O. The van der Waals surface area contributed by atoms with E-state index in [1.54, 1.807) is 23.2 Å². The van der Waals surface area contributed by atoms with Crippen molar-refractivity contribution in [2.24, 2.45) is 7.05 Å². The number of hydrogen-bond acceptors (Lipinski definition) is 4. The largest absolute Gasteiger partial charge is 0.338 e. The minimum absolute atomic E-state index is 0.0569. The Morgan fingerprint density at radius 1 is 1.26 bits per heavy atom. The van der Waals surface area contributed by atoms with Gasteiger partial charge in [-0.3, -0.25) is 4.79 Å². The van der Waals surface area contributed by atoms with Gasteiger partial charge in [0, 0.05) is 49.7 Å². The minimum atomic E-state index is -0.404. The summed E-state index contributed by atoms with van der Waals surface area (Å²) in [4.78, 5) is 28.0. The standard InChI is InChI=1S/C20H20FN5O/c1-13-10-17(19-22-7-9-25(19)2)24-18(23-13)15-6-8-26(12-15)20(27)14-4-3-5-16(21)11-14/h3-5,7,9-11,15H,6,8,12H2,1-2H3/t15-/m1/s1. The van der Waals surface area contributed by atoms with Crippen LogP contribution in [0, 0.1) is 12.7 Å². The summed E-state index contributed by atoms with van der Waals surface area (Å²) in [5.41, 5.74) is 2.02. The zero-order valence-electron chi connectivity index (χ0n) is 15.3. The molecule has 1 aromatic carbocycles. The van der Waals surface area contributed by atoms with Crippen LogP contribution in [-0.4, -0.2) is 43.4 Å². The number of nitrogens with zero attached hydrogens (tertiary/aromatic N) is 5. The Kier molecular flexibility index (Phi) is 4.43. The molecule has 1 aliphatic rings. The molecule has 2 aromatic heterocycles. The third-order valence-electron chi connectivity index (χ3n) is 4.83. The second-order valence-corrected chi connectivity index (χ2v) is 6.86. The highest BCUT2D eigenvalue weighted by molar-refractivity contribution is 5.94. The maximum Gasteiger partial charge on any atom is 0.253 e. The highest BCUT2D eigenvalue weighted by Crippen LogP contribution is 2.28. The molecule has 1 aliphatic heterocycles. The summed E-state index contributed by atoms with van der Waals surface area (Å²) in [6.45, 7) is 3.07. The smallest absolute Gasteiger partial charge is 0.253 e. The van der Waals surface area contributed by atoms with E-state index in [4.69, 9.17) is 4.98 Å². The number of halogens is 1. The minimum Gasteiger partial charge on any atom is -0.338 e. The summed E-state index contributed by atoms with van der Waals surface area (Å²) in [6, 6.07) is 7.72. The monoisotopic (exact) mass is 365 g/mol. The second-order valence-electron chi connectivity index (χ2n) is 6.86. The van der Waals surface area contributed by atoms with Gasteiger partial charge in [-0.15, -0.1) is 0 Å². The number of benzene rings is 1. The number of amides is 1. The topological polar surface area (TPSA) is 63.9 Å². The van der Waals surface area contributed by atoms with Crippen LogP contribution < -0.4 is 0 Å². The summed E-state index contributed by atoms with van der Waals surface area (Å²) < 4.78 is 15.3. The van der Waals surface area contributed by atoms with E-state index >= 15 is 0 Å². The van der Waals surface area contributed by atoms with E-state index in [1.807, 2.05) is 30.8 Å². The normalized spacial score (nSPS) is 16.7. The predicted molar refractivity (Wildman–Crippen MR) is 98.6 cm³/mol. The molecule has 1 fully saturated rings. The first kappa shape index (κ1) is 17.3. The molecule has 1 amide bonds. The molecule has 0 saturated carbocycles. The van der Waals surface area contributed by atoms with Gasteiger partial charge in [-0.1, -0.05) is 6.07 Å². The second kappa shape index (κ2) is 6.90. The molecule has 0 bridgehead atoms. The van der Waals surface area contributed by atoms with Crippen molar-refractivity contribution in [3.05, 3.63) is 65.6 Å². The summed E-state index contributed by atoms with van der Waals surface area (Å²) in [5, 5.41) is 0. The van der Waals surface area contributed by atoms with E-state index in [2.05, 4.69) is 9.97 Å². The average molecular weight is 365 g/mol. The van der Waals surface area contributed by atoms with Gasteiger partial charge in [0.1, 0.15) is 17.3 Å². The Hall–Kier alpha value is -3.09. The molecule has 4 rings (SSSR count). The highest BCUT2D eigenvalue weighted by atomic mass is 19.1. The van der Waals surface area contributed by atoms with Gasteiger partial charge in [-0.05, 0) is 37.6 Å². The molecule has 3 aromatic rings. The summed E-state index contributed by atoms with van der Waals surface area (Å²) in [6.07, 6.45) is 4.40. The van der Waals surface area contributed by atoms with E-state index in [9.17, 15) is 9.18 Å². The lowest BCUT2D eigenvalue weighted by atomic mass is 10.1. The van der Waals surface area contributed by atoms with Crippen LogP contribution in [0.1, 0.15) is 34.2 Å². The van der Waals surface area contributed by atoms with Crippen molar-refractivity contribution in [1.82, 2.24) is 24.4 Å². The van der Waals surface area contributed by atoms with Crippen LogP contribution in [0.25, 0.3) is 11.5 Å². The Balaban J connectivity index is 1.56. The van der Waals surface area contributed by atoms with Crippen LogP contribution in [0.2, 0.25) is 0 Å². The molecule has 0 unspecified atom stereocenters. The first-order valence-corrected chi connectivity index (χ1v) is 8.89. The molecule has 1 saturated heterocycles. The van der Waals surface area contributed by atoms with E-state index < -0.39 is 5.82 Å². The Bertz CT molecular complexity index is 1000. The molecule has 0 radical (unpaired) electrons. The molecule has 0 spiro atoms. The number of imidazole rings is 1. The van der Waals surface area contributed by atoms with Crippen molar-refractivity contribution in [3.8, 4) is 11.5 Å². The molecule has 0 N–H and O–H groups in total. The zero-order valence-corrected chi connectivity index (χ0v) is 15.3. The van der Waals surface area contributed by atoms with Crippen molar-refractivity contribution < 1.29 is 9.18 Å². The fourth-order valence-electron chi connectivity index (χ4n) is 3.46. The van der Waals surface area contributed by atoms with Crippen molar-refractivity contribution in [3.63, 3.8) is 0 Å². The van der Waals surface area contributed by atoms with Gasteiger partial charge in [0.2, 0.25) is 0 Å². The predicted octanol–water partition coefficient (Wildman–Crippen LogP) is 2.95. The first-order valence-electron chi connectivity index (χ1n) is 8.89. The van der Waals surface area contributed by atoms with Gasteiger partial charge in [-0.25, -0.2) is 19.3 Å². The third-order valence-corrected chi connectivity index (χ3v) is 4.83. The number of carbonyl (C=O) groups is 1. The van der Waals surface area contributed by atoms with Gasteiger partial charge in [0.25, 0.3) is 5.91 Å². The van der Waals surface area contributed by atoms with Gasteiger partial charge in [0.05, 0.1) is 0 Å². The number of aryl methyl sites for hydroxylation is 2. The maximum absolute atomic E-state index is 13.4. The molecule has 1 atom stereocenters. The Morgan fingerprint density at radius 2 is 2.11 bits per heavy atom. The fourth-order valence-corrected chi connectivity index (χ4v) is 3.46. The molecular weight excluding hydrogens is 345 g/mol. The lowest BCUT2D eigenvalue weighted by Gasteiger charge is -2.16. The quantitative estimate of drug-likeness (QED) is 0.716. The lowest BCUT2D eigenvalue weighted by Crippen LogP contribution is -2.28. The zero-order chi connectivity index (χ0) is 19.0. The number of carbonyl (C=O) groups excluding carboxylic acids is 1. The lowest BCUT2D eigenvalue weighted by molar-refractivity contribution is 0.0790. The third kappa shape index (κ3) is 3.45. The van der Waals surface area contributed by atoms with Crippen molar-refractivity contribution in [1.29, 1.82) is 0 Å². The van der Waals surface area contributed by atoms with Crippen molar-refractivity contribution in [2.75, 3.05) is 13.1 Å². The summed E-state index contributed by atoms with van der Waals surface area (Å²) >= 11 is 0. The number of likely N-dealkylation sites (tertiary alicyclic amines) is 1. The van der Waals surface area contributed by atoms with Gasteiger partial charge in [-0.2, -0.15) is 0 Å². The van der Waals surface area contributed by atoms with Crippen LogP contribution >= 0.6 is 0 Å². The average Bonchev–Trinajstić information content (AvgIpc) is 3.30. The summed E-state index contributed by atoms with van der Waals surface area (Å²) in [7, 11) is 1.93. The van der Waals surface area contributed by atoms with E-state index in [1.165, 1.54) is 12.1 Å². The highest BCUT2D eigenvalue weighted by Gasteiger charge is 2.30. The van der Waals surface area contributed by atoms with Crippen molar-refractivity contribution >= 4 is 5.91 Å². The van der Waals surface area contributed by atoms with E-state index in [0.717, 1.165) is 29.5 Å².